The fourth-order valence-corrected chi connectivity index (χ4v) is 6.35. The highest BCUT2D eigenvalue weighted by Crippen LogP contribution is 2.44. The van der Waals surface area contributed by atoms with Gasteiger partial charge in [-0.15, -0.1) is 0 Å². The lowest BCUT2D eigenvalue weighted by atomic mass is 10.1. The van der Waals surface area contributed by atoms with Crippen molar-refractivity contribution in [2.75, 3.05) is 21.3 Å². The molecule has 8 bridgehead atoms. The van der Waals surface area contributed by atoms with Crippen molar-refractivity contribution in [1.82, 2.24) is 39.9 Å². The topological polar surface area (TPSA) is 238 Å². The standard InChI is InChI=1S/C35H24N8O8/c1-49-25-9-17-14(6-22(25)46)30-37-28-12-4-20(44)21(45)5-13(12)29(36-28)38-33-18-10-26(50-2)23(47)7-15(18)31(40-33)42-35-19-11-27(51-3)24(48)8-16(19)32(43-35)41-34(17)39-30/h4-11,44-48H,1-3H3,(H2,36,37,38,39,40,41,42,43). The first-order valence-corrected chi connectivity index (χ1v) is 15.3. The van der Waals surface area contributed by atoms with Gasteiger partial charge in [0.05, 0.1) is 21.3 Å². The fraction of sp³-hybridized carbons (Fsp3) is 0.0857. The van der Waals surface area contributed by atoms with Crippen LogP contribution < -0.4 is 14.2 Å². The molecule has 0 atom stereocenters. The van der Waals surface area contributed by atoms with Gasteiger partial charge in [-0.25, -0.2) is 29.9 Å². The summed E-state index contributed by atoms with van der Waals surface area (Å²) in [6.07, 6.45) is 0. The van der Waals surface area contributed by atoms with E-state index in [2.05, 4.69) is 9.97 Å². The van der Waals surface area contributed by atoms with E-state index in [9.17, 15) is 25.5 Å². The van der Waals surface area contributed by atoms with Gasteiger partial charge in [-0.2, -0.15) is 0 Å². The van der Waals surface area contributed by atoms with Crippen molar-refractivity contribution >= 4 is 44.1 Å². The average molecular weight is 685 g/mol. The Morgan fingerprint density at radius 2 is 0.667 bits per heavy atom. The molecule has 3 aromatic heterocycles. The predicted molar refractivity (Wildman–Crippen MR) is 184 cm³/mol. The Balaban J connectivity index is 1.51. The van der Waals surface area contributed by atoms with Gasteiger partial charge < -0.3 is 49.7 Å². The molecule has 0 fully saturated rings. The highest BCUT2D eigenvalue weighted by molar-refractivity contribution is 6.08. The van der Waals surface area contributed by atoms with E-state index in [0.29, 0.717) is 43.8 Å². The second kappa shape index (κ2) is 10.6. The Hall–Kier alpha value is -7.36. The van der Waals surface area contributed by atoms with E-state index in [1.165, 1.54) is 51.7 Å². The van der Waals surface area contributed by atoms with Gasteiger partial charge >= 0.3 is 0 Å². The van der Waals surface area contributed by atoms with Crippen molar-refractivity contribution in [3.63, 3.8) is 0 Å². The number of H-pyrrole nitrogens is 2. The van der Waals surface area contributed by atoms with E-state index >= 15 is 0 Å². The number of phenolic OH excluding ortho intramolecular Hbond substituents is 5. The van der Waals surface area contributed by atoms with E-state index in [1.54, 1.807) is 18.2 Å². The van der Waals surface area contributed by atoms with Crippen LogP contribution >= 0.6 is 0 Å². The van der Waals surface area contributed by atoms with Crippen LogP contribution in [-0.4, -0.2) is 86.7 Å². The summed E-state index contributed by atoms with van der Waals surface area (Å²) in [5, 5.41) is 55.2. The largest absolute Gasteiger partial charge is 0.504 e. The van der Waals surface area contributed by atoms with E-state index in [-0.39, 0.29) is 80.4 Å². The van der Waals surface area contributed by atoms with Crippen LogP contribution in [0.15, 0.2) is 48.5 Å². The van der Waals surface area contributed by atoms with Crippen molar-refractivity contribution in [3.8, 4) is 91.5 Å². The predicted octanol–water partition coefficient (Wildman–Crippen LogP) is 5.42. The third kappa shape index (κ3) is 4.39. The second-order valence-electron chi connectivity index (χ2n) is 11.7. The van der Waals surface area contributed by atoms with Crippen LogP contribution in [0.5, 0.6) is 46.0 Å². The van der Waals surface area contributed by atoms with Gasteiger partial charge in [0.25, 0.3) is 0 Å². The van der Waals surface area contributed by atoms with Gasteiger partial charge in [0, 0.05) is 43.8 Å². The first-order valence-electron chi connectivity index (χ1n) is 15.3. The normalized spacial score (nSPS) is 11.8. The van der Waals surface area contributed by atoms with Crippen LogP contribution in [0, 0.1) is 0 Å². The summed E-state index contributed by atoms with van der Waals surface area (Å²) >= 11 is 0. The maximum atomic E-state index is 10.8. The number of benzene rings is 4. The molecule has 0 saturated heterocycles. The lowest BCUT2D eigenvalue weighted by Crippen LogP contribution is -1.87. The second-order valence-corrected chi connectivity index (χ2v) is 11.7. The molecule has 7 N–H and O–H groups in total. The smallest absolute Gasteiger partial charge is 0.164 e. The number of hydrogen-bond donors (Lipinski definition) is 7. The monoisotopic (exact) mass is 684 g/mol. The highest BCUT2D eigenvalue weighted by atomic mass is 16.5. The average Bonchev–Trinajstić information content (AvgIpc) is 3.82. The fourth-order valence-electron chi connectivity index (χ4n) is 6.35. The number of fused-ring (bicyclic) bond motifs is 20. The molecule has 0 aliphatic carbocycles. The molecule has 2 aliphatic rings. The molecule has 9 rings (SSSR count). The number of aromatic nitrogens is 8. The molecule has 7 aromatic rings. The van der Waals surface area contributed by atoms with E-state index in [1.807, 2.05) is 0 Å². The lowest BCUT2D eigenvalue weighted by molar-refractivity contribution is 0.374. The Bertz CT molecular complexity index is 2840. The van der Waals surface area contributed by atoms with Gasteiger partial charge in [-0.1, -0.05) is 0 Å². The Morgan fingerprint density at radius 1 is 0.373 bits per heavy atom. The highest BCUT2D eigenvalue weighted by Gasteiger charge is 2.26. The lowest BCUT2D eigenvalue weighted by Gasteiger charge is -2.06. The summed E-state index contributed by atoms with van der Waals surface area (Å²) in [4.78, 5) is 35.2. The minimum Gasteiger partial charge on any atom is -0.504 e. The summed E-state index contributed by atoms with van der Waals surface area (Å²) in [6, 6.07) is 11.9. The molecule has 5 heterocycles. The molecule has 4 aromatic carbocycles. The van der Waals surface area contributed by atoms with Crippen LogP contribution in [0.1, 0.15) is 0 Å². The van der Waals surface area contributed by atoms with Gasteiger partial charge in [-0.05, 0) is 48.5 Å². The van der Waals surface area contributed by atoms with Crippen LogP contribution in [-0.2, 0) is 0 Å². The Labute approximate surface area is 284 Å². The maximum Gasteiger partial charge on any atom is 0.164 e. The van der Waals surface area contributed by atoms with Crippen molar-refractivity contribution in [2.24, 2.45) is 0 Å². The Kier molecular flexibility index (Phi) is 6.17. The number of hydrogen-bond acceptors (Lipinski definition) is 14. The number of nitrogens with zero attached hydrogens (tertiary/aromatic N) is 6. The van der Waals surface area contributed by atoms with E-state index < -0.39 is 11.5 Å². The quantitative estimate of drug-likeness (QED) is 0.115. The van der Waals surface area contributed by atoms with Crippen molar-refractivity contribution in [1.29, 1.82) is 0 Å². The third-order valence-corrected chi connectivity index (χ3v) is 8.82. The first kappa shape index (κ1) is 29.8. The SMILES string of the molecule is COc1cc2c(cc1O)-c1nc-2nc2[nH]c(nc3nc(nc4[nH]c(n1)c1cc(OC)c(O)cc41)-c1cc(O)c(O)cc1-3)c1cc(OC)c(O)cc21. The third-order valence-electron chi connectivity index (χ3n) is 8.82. The van der Waals surface area contributed by atoms with Gasteiger partial charge in [-0.3, -0.25) is 0 Å². The van der Waals surface area contributed by atoms with Crippen LogP contribution in [0.2, 0.25) is 0 Å². The molecule has 0 radical (unpaired) electrons. The zero-order valence-electron chi connectivity index (χ0n) is 26.8. The molecule has 16 nitrogen and oxygen atoms in total. The van der Waals surface area contributed by atoms with Crippen LogP contribution in [0.3, 0.4) is 0 Å². The summed E-state index contributed by atoms with van der Waals surface area (Å²) in [7, 11) is 4.27. The van der Waals surface area contributed by atoms with Gasteiger partial charge in [0.2, 0.25) is 0 Å². The maximum absolute atomic E-state index is 10.8. The van der Waals surface area contributed by atoms with Crippen LogP contribution in [0.4, 0.5) is 0 Å². The summed E-state index contributed by atoms with van der Waals surface area (Å²) in [5.74, 6) is -0.0298. The zero-order chi connectivity index (χ0) is 35.3. The Morgan fingerprint density at radius 3 is 1.04 bits per heavy atom. The minimum atomic E-state index is -0.394. The number of nitrogens with one attached hydrogen (secondary N) is 2. The summed E-state index contributed by atoms with van der Waals surface area (Å²) in [5.41, 5.74) is 2.72. The molecule has 0 amide bonds. The molecule has 16 heteroatoms. The van der Waals surface area contributed by atoms with Crippen molar-refractivity contribution < 1.29 is 39.7 Å². The molecule has 0 spiro atoms. The molecule has 51 heavy (non-hydrogen) atoms. The molecular formula is C35H24N8O8. The minimum absolute atomic E-state index is 0.128. The summed E-state index contributed by atoms with van der Waals surface area (Å²) < 4.78 is 16.2. The summed E-state index contributed by atoms with van der Waals surface area (Å²) in [6.45, 7) is 0. The molecule has 2 aliphatic heterocycles. The number of rotatable bonds is 3. The number of ether oxygens (including phenoxy) is 3. The van der Waals surface area contributed by atoms with E-state index in [4.69, 9.17) is 44.1 Å². The molecule has 0 saturated carbocycles. The first-order chi connectivity index (χ1) is 24.6. The van der Waals surface area contributed by atoms with Gasteiger partial charge in [0.1, 0.15) is 22.6 Å². The number of aromatic amines is 2. The molecule has 252 valence electrons. The number of methoxy groups -OCH3 is 3. The van der Waals surface area contributed by atoms with E-state index in [0.717, 1.165) is 0 Å². The van der Waals surface area contributed by atoms with Crippen molar-refractivity contribution in [2.45, 2.75) is 0 Å². The van der Waals surface area contributed by atoms with Crippen LogP contribution in [0.25, 0.3) is 89.7 Å². The van der Waals surface area contributed by atoms with Crippen molar-refractivity contribution in [3.05, 3.63) is 48.5 Å². The molecule has 0 unspecified atom stereocenters. The van der Waals surface area contributed by atoms with Gasteiger partial charge in [0.15, 0.2) is 69.3 Å². The zero-order valence-corrected chi connectivity index (χ0v) is 26.8. The molecular weight excluding hydrogens is 660 g/mol. The number of aromatic hydroxyl groups is 5. The number of phenols is 5.